The van der Waals surface area contributed by atoms with Gasteiger partial charge in [-0.2, -0.15) is 0 Å². The molecule has 1 heterocycles. The van der Waals surface area contributed by atoms with E-state index in [-0.39, 0.29) is 5.91 Å². The summed E-state index contributed by atoms with van der Waals surface area (Å²) in [5.41, 5.74) is 0.427. The molecule has 0 unspecified atom stereocenters. The third kappa shape index (κ3) is 4.45. The summed E-state index contributed by atoms with van der Waals surface area (Å²) in [5, 5.41) is 15.5. The molecule has 0 radical (unpaired) electrons. The molecule has 0 bridgehead atoms. The first-order chi connectivity index (χ1) is 12.5. The number of aromatic nitrogens is 1. The number of benzene rings is 1. The third-order valence-electron chi connectivity index (χ3n) is 4.64. The molecule has 1 amide bonds. The van der Waals surface area contributed by atoms with Crippen LogP contribution < -0.4 is 5.32 Å². The van der Waals surface area contributed by atoms with Crippen molar-refractivity contribution in [2.45, 2.75) is 55.2 Å². The summed E-state index contributed by atoms with van der Waals surface area (Å²) >= 11 is 3.30. The number of carboxylic acid groups (broad SMARTS) is 1. The topological polar surface area (TPSA) is 79.3 Å². The van der Waals surface area contributed by atoms with Crippen molar-refractivity contribution in [2.24, 2.45) is 0 Å². The number of amides is 1. The van der Waals surface area contributed by atoms with Crippen molar-refractivity contribution in [3.05, 3.63) is 45.9 Å². The predicted octanol–water partition coefficient (Wildman–Crippen LogP) is 4.26. The van der Waals surface area contributed by atoms with Gasteiger partial charge in [-0.15, -0.1) is 23.1 Å². The van der Waals surface area contributed by atoms with Gasteiger partial charge in [0, 0.05) is 21.6 Å². The van der Waals surface area contributed by atoms with Crippen molar-refractivity contribution in [3.63, 3.8) is 0 Å². The SMILES string of the molecule is Cc1nc(CSc2ccc(C(=O)NC3(C(=O)O)CCCCC3)cc2)cs1. The van der Waals surface area contributed by atoms with Gasteiger partial charge in [0.05, 0.1) is 10.7 Å². The van der Waals surface area contributed by atoms with Crippen LogP contribution in [0.15, 0.2) is 34.5 Å². The highest BCUT2D eigenvalue weighted by atomic mass is 32.2. The quantitative estimate of drug-likeness (QED) is 0.721. The van der Waals surface area contributed by atoms with Crippen LogP contribution in [0.4, 0.5) is 0 Å². The van der Waals surface area contributed by atoms with Gasteiger partial charge in [0.15, 0.2) is 0 Å². The van der Waals surface area contributed by atoms with Crippen LogP contribution in [0.25, 0.3) is 0 Å². The number of thiazole rings is 1. The van der Waals surface area contributed by atoms with Crippen LogP contribution >= 0.6 is 23.1 Å². The molecule has 1 aromatic heterocycles. The Morgan fingerprint density at radius 3 is 2.50 bits per heavy atom. The van der Waals surface area contributed by atoms with E-state index < -0.39 is 11.5 Å². The minimum atomic E-state index is -1.12. The fraction of sp³-hybridized carbons (Fsp3) is 0.421. The van der Waals surface area contributed by atoms with Crippen LogP contribution in [0.3, 0.4) is 0 Å². The monoisotopic (exact) mass is 390 g/mol. The minimum absolute atomic E-state index is 0.319. The number of carbonyl (C=O) groups is 2. The van der Waals surface area contributed by atoms with Gasteiger partial charge in [0.2, 0.25) is 0 Å². The van der Waals surface area contributed by atoms with Crippen molar-refractivity contribution in [1.29, 1.82) is 0 Å². The smallest absolute Gasteiger partial charge is 0.329 e. The summed E-state index contributed by atoms with van der Waals surface area (Å²) in [7, 11) is 0. The number of thioether (sulfide) groups is 1. The molecule has 138 valence electrons. The molecule has 2 N–H and O–H groups in total. The van der Waals surface area contributed by atoms with Crippen molar-refractivity contribution >= 4 is 35.0 Å². The standard InChI is InChI=1S/C19H22N2O3S2/c1-13-20-15(11-25-13)12-26-16-7-5-14(6-8-16)17(22)21-19(18(23)24)9-3-2-4-10-19/h5-8,11H,2-4,9-10,12H2,1H3,(H,21,22)(H,23,24). The Labute approximate surface area is 161 Å². The minimum Gasteiger partial charge on any atom is -0.480 e. The molecule has 0 atom stereocenters. The summed E-state index contributed by atoms with van der Waals surface area (Å²) < 4.78 is 0. The Morgan fingerprint density at radius 2 is 1.92 bits per heavy atom. The molecule has 0 aliphatic heterocycles. The highest BCUT2D eigenvalue weighted by Crippen LogP contribution is 2.29. The number of hydrogen-bond acceptors (Lipinski definition) is 5. The molecule has 5 nitrogen and oxygen atoms in total. The highest BCUT2D eigenvalue weighted by molar-refractivity contribution is 7.98. The van der Waals surface area contributed by atoms with E-state index in [1.165, 1.54) is 0 Å². The lowest BCUT2D eigenvalue weighted by molar-refractivity contribution is -0.145. The normalized spacial score (nSPS) is 16.2. The lowest BCUT2D eigenvalue weighted by atomic mass is 9.81. The highest BCUT2D eigenvalue weighted by Gasteiger charge is 2.41. The molecule has 1 saturated carbocycles. The van der Waals surface area contributed by atoms with Crippen molar-refractivity contribution < 1.29 is 14.7 Å². The maximum atomic E-state index is 12.5. The first-order valence-electron chi connectivity index (χ1n) is 8.68. The molecule has 1 aliphatic carbocycles. The molecule has 26 heavy (non-hydrogen) atoms. The van der Waals surface area contributed by atoms with Gasteiger partial charge in [-0.05, 0) is 44.0 Å². The average Bonchev–Trinajstić information content (AvgIpc) is 3.06. The van der Waals surface area contributed by atoms with Crippen LogP contribution in [-0.4, -0.2) is 27.5 Å². The van der Waals surface area contributed by atoms with Gasteiger partial charge in [0.1, 0.15) is 5.54 Å². The zero-order valence-corrected chi connectivity index (χ0v) is 16.3. The number of rotatable bonds is 6. The first-order valence-corrected chi connectivity index (χ1v) is 10.5. The van der Waals surface area contributed by atoms with E-state index in [0.29, 0.717) is 18.4 Å². The fourth-order valence-electron chi connectivity index (χ4n) is 3.17. The summed E-state index contributed by atoms with van der Waals surface area (Å²) in [6.07, 6.45) is 3.68. The number of hydrogen-bond donors (Lipinski definition) is 2. The Bertz CT molecular complexity index is 780. The van der Waals surface area contributed by atoms with E-state index in [1.807, 2.05) is 19.1 Å². The van der Waals surface area contributed by atoms with Gasteiger partial charge in [0.25, 0.3) is 5.91 Å². The lowest BCUT2D eigenvalue weighted by Gasteiger charge is -2.34. The number of nitrogens with zero attached hydrogens (tertiary/aromatic N) is 1. The summed E-state index contributed by atoms with van der Waals surface area (Å²) in [5.74, 6) is -0.463. The van der Waals surface area contributed by atoms with E-state index in [1.54, 1.807) is 35.2 Å². The summed E-state index contributed by atoms with van der Waals surface area (Å²) in [4.78, 5) is 29.7. The molecule has 0 saturated heterocycles. The molecule has 3 rings (SSSR count). The van der Waals surface area contributed by atoms with Crippen molar-refractivity contribution in [2.75, 3.05) is 0 Å². The number of aryl methyl sites for hydroxylation is 1. The Morgan fingerprint density at radius 1 is 1.23 bits per heavy atom. The number of nitrogens with one attached hydrogen (secondary N) is 1. The lowest BCUT2D eigenvalue weighted by Crippen LogP contribution is -2.55. The van der Waals surface area contributed by atoms with Crippen LogP contribution in [0, 0.1) is 6.92 Å². The molecule has 1 aliphatic rings. The van der Waals surface area contributed by atoms with E-state index in [2.05, 4.69) is 15.7 Å². The molecule has 7 heteroatoms. The van der Waals surface area contributed by atoms with E-state index in [0.717, 1.165) is 40.6 Å². The summed E-state index contributed by atoms with van der Waals surface area (Å²) in [6, 6.07) is 7.30. The van der Waals surface area contributed by atoms with Crippen LogP contribution in [-0.2, 0) is 10.5 Å². The van der Waals surface area contributed by atoms with Crippen LogP contribution in [0.1, 0.15) is 53.2 Å². The van der Waals surface area contributed by atoms with Crippen LogP contribution in [0.5, 0.6) is 0 Å². The fourth-order valence-corrected chi connectivity index (χ4v) is 4.68. The summed E-state index contributed by atoms with van der Waals surface area (Å²) in [6.45, 7) is 1.99. The van der Waals surface area contributed by atoms with Gasteiger partial charge in [-0.1, -0.05) is 19.3 Å². The zero-order valence-electron chi connectivity index (χ0n) is 14.7. The molecule has 0 spiro atoms. The molecule has 1 fully saturated rings. The maximum absolute atomic E-state index is 12.5. The van der Waals surface area contributed by atoms with Crippen molar-refractivity contribution in [1.82, 2.24) is 10.3 Å². The maximum Gasteiger partial charge on any atom is 0.329 e. The zero-order chi connectivity index (χ0) is 18.6. The number of carboxylic acids is 1. The largest absolute Gasteiger partial charge is 0.480 e. The average molecular weight is 391 g/mol. The number of aliphatic carboxylic acids is 1. The second-order valence-electron chi connectivity index (χ2n) is 6.57. The molecule has 1 aromatic carbocycles. The second-order valence-corrected chi connectivity index (χ2v) is 8.68. The van der Waals surface area contributed by atoms with E-state index >= 15 is 0 Å². The molecular formula is C19H22N2O3S2. The Balaban J connectivity index is 1.62. The number of carbonyl (C=O) groups excluding carboxylic acids is 1. The van der Waals surface area contributed by atoms with E-state index in [9.17, 15) is 14.7 Å². The second kappa shape index (κ2) is 8.22. The van der Waals surface area contributed by atoms with Gasteiger partial charge < -0.3 is 10.4 Å². The molecule has 2 aromatic rings. The van der Waals surface area contributed by atoms with Gasteiger partial charge in [-0.3, -0.25) is 4.79 Å². The van der Waals surface area contributed by atoms with Gasteiger partial charge in [-0.25, -0.2) is 9.78 Å². The van der Waals surface area contributed by atoms with Crippen LogP contribution in [0.2, 0.25) is 0 Å². The third-order valence-corrected chi connectivity index (χ3v) is 6.51. The van der Waals surface area contributed by atoms with E-state index in [4.69, 9.17) is 0 Å². The predicted molar refractivity (Wildman–Crippen MR) is 104 cm³/mol. The Kier molecular flexibility index (Phi) is 5.98. The Hall–Kier alpha value is -1.86. The first kappa shape index (κ1) is 18.9. The molecular weight excluding hydrogens is 368 g/mol. The van der Waals surface area contributed by atoms with Crippen molar-refractivity contribution in [3.8, 4) is 0 Å². The van der Waals surface area contributed by atoms with Gasteiger partial charge >= 0.3 is 5.97 Å².